The van der Waals surface area contributed by atoms with Crippen molar-refractivity contribution in [3.8, 4) is 5.75 Å². The second-order valence-electron chi connectivity index (χ2n) is 5.58. The quantitative estimate of drug-likeness (QED) is 0.692. The zero-order valence-electron chi connectivity index (χ0n) is 12.0. The van der Waals surface area contributed by atoms with Crippen LogP contribution in [0.25, 0.3) is 10.8 Å². The Balaban J connectivity index is 1.73. The number of nitrogens with zero attached hydrogens (tertiary/aromatic N) is 1. The van der Waals surface area contributed by atoms with Crippen LogP contribution in [0.5, 0.6) is 5.75 Å². The van der Waals surface area contributed by atoms with Crippen LogP contribution in [-0.2, 0) is 6.54 Å². The number of ether oxygens (including phenoxy) is 1. The number of thiophene rings is 1. The summed E-state index contributed by atoms with van der Waals surface area (Å²) in [7, 11) is 2.15. The van der Waals surface area contributed by atoms with Crippen LogP contribution in [0.4, 0.5) is 0 Å². The Bertz CT molecular complexity index is 774. The van der Waals surface area contributed by atoms with E-state index in [0.717, 1.165) is 18.8 Å². The van der Waals surface area contributed by atoms with Crippen LogP contribution in [0.1, 0.15) is 16.5 Å². The summed E-state index contributed by atoms with van der Waals surface area (Å²) in [5, 5.41) is 4.58. The third kappa shape index (κ3) is 2.33. The Morgan fingerprint density at radius 1 is 1.10 bits per heavy atom. The molecular weight excluding hydrogens is 278 g/mol. The summed E-state index contributed by atoms with van der Waals surface area (Å²) in [6.07, 6.45) is 0.121. The first-order valence-electron chi connectivity index (χ1n) is 7.20. The van der Waals surface area contributed by atoms with E-state index < -0.39 is 0 Å². The van der Waals surface area contributed by atoms with Crippen LogP contribution in [0.15, 0.2) is 53.9 Å². The molecule has 0 N–H and O–H groups in total. The molecule has 0 fully saturated rings. The van der Waals surface area contributed by atoms with Crippen molar-refractivity contribution in [2.75, 3.05) is 13.6 Å². The fraction of sp³-hybridized carbons (Fsp3) is 0.222. The second-order valence-corrected chi connectivity index (χ2v) is 6.58. The molecule has 1 aliphatic rings. The molecule has 4 rings (SSSR count). The van der Waals surface area contributed by atoms with Crippen molar-refractivity contribution in [2.24, 2.45) is 0 Å². The second kappa shape index (κ2) is 5.17. The van der Waals surface area contributed by atoms with Gasteiger partial charge < -0.3 is 4.74 Å². The number of fused-ring (bicyclic) bond motifs is 2. The van der Waals surface area contributed by atoms with Crippen LogP contribution in [0.3, 0.4) is 0 Å². The molecule has 1 unspecified atom stereocenters. The maximum Gasteiger partial charge on any atom is 0.137 e. The van der Waals surface area contributed by atoms with Crippen molar-refractivity contribution >= 4 is 22.1 Å². The molecule has 0 spiro atoms. The summed E-state index contributed by atoms with van der Waals surface area (Å²) in [6.45, 7) is 1.97. The minimum Gasteiger partial charge on any atom is -0.484 e. The molecular formula is C18H17NOS. The summed E-state index contributed by atoms with van der Waals surface area (Å²) in [5.74, 6) is 0.977. The molecule has 3 aromatic rings. The lowest BCUT2D eigenvalue weighted by Gasteiger charge is -2.30. The number of rotatable bonds is 2. The van der Waals surface area contributed by atoms with Crippen molar-refractivity contribution < 1.29 is 4.74 Å². The fourth-order valence-corrected chi connectivity index (χ4v) is 4.02. The van der Waals surface area contributed by atoms with Gasteiger partial charge in [-0.05, 0) is 29.9 Å². The maximum absolute atomic E-state index is 6.39. The van der Waals surface area contributed by atoms with Gasteiger partial charge in [0.2, 0.25) is 0 Å². The summed E-state index contributed by atoms with van der Waals surface area (Å²) in [6, 6.07) is 16.9. The van der Waals surface area contributed by atoms with Gasteiger partial charge in [0.05, 0.1) is 0 Å². The molecule has 1 atom stereocenters. The van der Waals surface area contributed by atoms with Crippen LogP contribution in [-0.4, -0.2) is 18.5 Å². The molecule has 106 valence electrons. The third-order valence-corrected chi connectivity index (χ3v) is 4.96. The standard InChI is InChI=1S/C18H17NOS/c1-19-11-17(15-9-10-21-18(15)12-19)20-16-8-4-6-13-5-2-3-7-14(13)16/h2-10,17H,11-12H2,1H3. The first-order valence-corrected chi connectivity index (χ1v) is 8.08. The highest BCUT2D eigenvalue weighted by Gasteiger charge is 2.26. The average molecular weight is 295 g/mol. The molecule has 2 aromatic carbocycles. The number of likely N-dealkylation sites (N-methyl/N-ethyl adjacent to an activating group) is 1. The topological polar surface area (TPSA) is 12.5 Å². The minimum absolute atomic E-state index is 0.121. The summed E-state index contributed by atoms with van der Waals surface area (Å²) in [4.78, 5) is 3.75. The number of hydrogen-bond donors (Lipinski definition) is 0. The average Bonchev–Trinajstić information content (AvgIpc) is 2.96. The Hall–Kier alpha value is -1.84. The summed E-state index contributed by atoms with van der Waals surface area (Å²) >= 11 is 1.83. The monoisotopic (exact) mass is 295 g/mol. The lowest BCUT2D eigenvalue weighted by molar-refractivity contribution is 0.132. The highest BCUT2D eigenvalue weighted by Crippen LogP contribution is 2.35. The zero-order chi connectivity index (χ0) is 14.2. The van der Waals surface area contributed by atoms with E-state index in [1.54, 1.807) is 0 Å². The largest absolute Gasteiger partial charge is 0.484 e. The van der Waals surface area contributed by atoms with Crippen molar-refractivity contribution in [3.05, 3.63) is 64.4 Å². The van der Waals surface area contributed by atoms with Gasteiger partial charge in [0, 0.05) is 28.9 Å². The van der Waals surface area contributed by atoms with Gasteiger partial charge >= 0.3 is 0 Å². The molecule has 0 saturated carbocycles. The zero-order valence-corrected chi connectivity index (χ0v) is 12.8. The van der Waals surface area contributed by atoms with Crippen molar-refractivity contribution in [1.29, 1.82) is 0 Å². The van der Waals surface area contributed by atoms with Gasteiger partial charge in [-0.3, -0.25) is 4.90 Å². The van der Waals surface area contributed by atoms with E-state index in [4.69, 9.17) is 4.74 Å². The van der Waals surface area contributed by atoms with E-state index in [2.05, 4.69) is 65.9 Å². The van der Waals surface area contributed by atoms with Gasteiger partial charge in [-0.15, -0.1) is 11.3 Å². The highest BCUT2D eigenvalue weighted by atomic mass is 32.1. The minimum atomic E-state index is 0.121. The van der Waals surface area contributed by atoms with Crippen molar-refractivity contribution in [2.45, 2.75) is 12.6 Å². The molecule has 0 bridgehead atoms. The van der Waals surface area contributed by atoms with Crippen molar-refractivity contribution in [1.82, 2.24) is 4.90 Å². The van der Waals surface area contributed by atoms with Crippen LogP contribution in [0, 0.1) is 0 Å². The molecule has 0 amide bonds. The van der Waals surface area contributed by atoms with Gasteiger partial charge in [0.25, 0.3) is 0 Å². The van der Waals surface area contributed by atoms with Crippen molar-refractivity contribution in [3.63, 3.8) is 0 Å². The van der Waals surface area contributed by atoms with Gasteiger partial charge in [-0.1, -0.05) is 36.4 Å². The lowest BCUT2D eigenvalue weighted by Crippen LogP contribution is -2.32. The predicted molar refractivity (Wildman–Crippen MR) is 88.0 cm³/mol. The van der Waals surface area contributed by atoms with Gasteiger partial charge in [0.1, 0.15) is 11.9 Å². The van der Waals surface area contributed by atoms with Crippen LogP contribution < -0.4 is 4.74 Å². The maximum atomic E-state index is 6.39. The Morgan fingerprint density at radius 3 is 2.90 bits per heavy atom. The predicted octanol–water partition coefficient (Wildman–Crippen LogP) is 4.47. The summed E-state index contributed by atoms with van der Waals surface area (Å²) in [5.41, 5.74) is 1.35. The van der Waals surface area contributed by atoms with E-state index >= 15 is 0 Å². The third-order valence-electron chi connectivity index (χ3n) is 4.04. The van der Waals surface area contributed by atoms with Crippen LogP contribution >= 0.6 is 11.3 Å². The highest BCUT2D eigenvalue weighted by molar-refractivity contribution is 7.10. The van der Waals surface area contributed by atoms with E-state index in [0.29, 0.717) is 0 Å². The Kier molecular flexibility index (Phi) is 3.17. The SMILES string of the molecule is CN1Cc2sccc2C(Oc2cccc3ccccc23)C1. The molecule has 0 aliphatic carbocycles. The summed E-state index contributed by atoms with van der Waals surface area (Å²) < 4.78 is 6.39. The van der Waals surface area contributed by atoms with E-state index in [1.807, 2.05) is 11.3 Å². The first kappa shape index (κ1) is 12.9. The smallest absolute Gasteiger partial charge is 0.137 e. The molecule has 21 heavy (non-hydrogen) atoms. The Labute approximate surface area is 128 Å². The van der Waals surface area contributed by atoms with Gasteiger partial charge in [0.15, 0.2) is 0 Å². The molecule has 0 radical (unpaired) electrons. The van der Waals surface area contributed by atoms with Gasteiger partial charge in [-0.25, -0.2) is 0 Å². The lowest BCUT2D eigenvalue weighted by atomic mass is 10.1. The molecule has 3 heteroatoms. The molecule has 2 heterocycles. The van der Waals surface area contributed by atoms with Crippen LogP contribution in [0.2, 0.25) is 0 Å². The van der Waals surface area contributed by atoms with Gasteiger partial charge in [-0.2, -0.15) is 0 Å². The first-order chi connectivity index (χ1) is 10.3. The fourth-order valence-electron chi connectivity index (χ4n) is 3.01. The number of benzene rings is 2. The molecule has 0 saturated heterocycles. The number of hydrogen-bond acceptors (Lipinski definition) is 3. The molecule has 2 nitrogen and oxygen atoms in total. The van der Waals surface area contributed by atoms with E-state index in [1.165, 1.54) is 21.2 Å². The normalized spacial score (nSPS) is 18.6. The Morgan fingerprint density at radius 2 is 1.95 bits per heavy atom. The molecule has 1 aromatic heterocycles. The van der Waals surface area contributed by atoms with E-state index in [9.17, 15) is 0 Å². The molecule has 1 aliphatic heterocycles. The van der Waals surface area contributed by atoms with E-state index in [-0.39, 0.29) is 6.10 Å².